The minimum absolute atomic E-state index is 0.253. The summed E-state index contributed by atoms with van der Waals surface area (Å²) >= 11 is 6.87. The maximum atomic E-state index is 13.4. The molecule has 0 aliphatic heterocycles. The van der Waals surface area contributed by atoms with Gasteiger partial charge < -0.3 is 4.57 Å². The van der Waals surface area contributed by atoms with Crippen molar-refractivity contribution in [3.63, 3.8) is 0 Å². The zero-order valence-electron chi connectivity index (χ0n) is 9.51. The molecule has 0 bridgehead atoms. The number of nitrogens with zero attached hydrogens (tertiary/aromatic N) is 1. The first-order chi connectivity index (χ1) is 7.82. The van der Waals surface area contributed by atoms with Gasteiger partial charge in [-0.2, -0.15) is 8.78 Å². The molecule has 0 N–H and O–H groups in total. The Morgan fingerprint density at radius 3 is 2.35 bits per heavy atom. The Labute approximate surface area is 117 Å². The van der Waals surface area contributed by atoms with E-state index in [0.717, 1.165) is 4.57 Å². The molecule has 0 spiro atoms. The molecule has 1 rings (SSSR count). The van der Waals surface area contributed by atoms with Gasteiger partial charge in [0.25, 0.3) is 5.56 Å². The van der Waals surface area contributed by atoms with Crippen molar-refractivity contribution in [3.8, 4) is 0 Å². The Kier molecular flexibility index (Phi) is 4.95. The van der Waals surface area contributed by atoms with Crippen LogP contribution in [0.2, 0.25) is 0 Å². The van der Waals surface area contributed by atoms with Crippen LogP contribution in [0.15, 0.2) is 16.9 Å². The number of alkyl halides is 3. The molecule has 6 heteroatoms. The van der Waals surface area contributed by atoms with Crippen molar-refractivity contribution >= 4 is 34.2 Å². The van der Waals surface area contributed by atoms with Gasteiger partial charge >= 0.3 is 5.38 Å². The van der Waals surface area contributed by atoms with Gasteiger partial charge in [-0.3, -0.25) is 4.79 Å². The lowest BCUT2D eigenvalue weighted by Gasteiger charge is -2.23. The van der Waals surface area contributed by atoms with Gasteiger partial charge in [-0.05, 0) is 53.1 Å². The Morgan fingerprint density at radius 2 is 1.94 bits per heavy atom. The van der Waals surface area contributed by atoms with E-state index in [2.05, 4.69) is 0 Å². The standard InChI is InChI=1S/C11H13ClF2INO/c1-3-7(4-2)16-9(17)6-5-8(15)10(16)11(12,13)14/h5-7H,3-4H2,1-2H3. The van der Waals surface area contributed by atoms with Crippen LogP contribution in [0.4, 0.5) is 8.78 Å². The lowest BCUT2D eigenvalue weighted by atomic mass is 10.1. The number of halogens is 4. The fourth-order valence-corrected chi connectivity index (χ4v) is 2.95. The summed E-state index contributed by atoms with van der Waals surface area (Å²) in [6.07, 6.45) is 1.22. The molecule has 0 fully saturated rings. The van der Waals surface area contributed by atoms with E-state index in [-0.39, 0.29) is 6.04 Å². The maximum absolute atomic E-state index is 13.4. The highest BCUT2D eigenvalue weighted by atomic mass is 127. The van der Waals surface area contributed by atoms with E-state index in [1.54, 1.807) is 22.6 Å². The number of hydrogen-bond acceptors (Lipinski definition) is 1. The van der Waals surface area contributed by atoms with E-state index in [0.29, 0.717) is 16.4 Å². The van der Waals surface area contributed by atoms with E-state index in [1.165, 1.54) is 12.1 Å². The third-order valence-corrected chi connectivity index (χ3v) is 3.70. The molecule has 0 unspecified atom stereocenters. The first kappa shape index (κ1) is 14.9. The van der Waals surface area contributed by atoms with Gasteiger partial charge in [0.2, 0.25) is 0 Å². The average Bonchev–Trinajstić information content (AvgIpc) is 2.23. The van der Waals surface area contributed by atoms with Gasteiger partial charge in [-0.25, -0.2) is 0 Å². The van der Waals surface area contributed by atoms with Crippen molar-refractivity contribution in [2.24, 2.45) is 0 Å². The molecular weight excluding hydrogens is 362 g/mol. The van der Waals surface area contributed by atoms with Gasteiger partial charge in [0, 0.05) is 15.7 Å². The van der Waals surface area contributed by atoms with Crippen LogP contribution in [0.25, 0.3) is 0 Å². The molecule has 2 nitrogen and oxygen atoms in total. The molecule has 0 aliphatic rings. The molecule has 1 aromatic heterocycles. The molecule has 1 aromatic rings. The van der Waals surface area contributed by atoms with E-state index >= 15 is 0 Å². The number of rotatable bonds is 4. The van der Waals surface area contributed by atoms with Crippen LogP contribution >= 0.6 is 34.2 Å². The molecule has 0 aromatic carbocycles. The van der Waals surface area contributed by atoms with Crippen molar-refractivity contribution in [3.05, 3.63) is 31.8 Å². The second kappa shape index (κ2) is 5.65. The number of pyridine rings is 1. The van der Waals surface area contributed by atoms with Crippen LogP contribution in [-0.2, 0) is 5.38 Å². The molecule has 0 saturated heterocycles. The highest BCUT2D eigenvalue weighted by Gasteiger charge is 2.35. The van der Waals surface area contributed by atoms with Crippen LogP contribution < -0.4 is 5.56 Å². The normalized spacial score (nSPS) is 12.2. The summed E-state index contributed by atoms with van der Waals surface area (Å²) in [6, 6.07) is 2.41. The number of hydrogen-bond donors (Lipinski definition) is 0. The van der Waals surface area contributed by atoms with Gasteiger partial charge in [-0.1, -0.05) is 13.8 Å². The second-order valence-corrected chi connectivity index (χ2v) is 5.34. The monoisotopic (exact) mass is 375 g/mol. The van der Waals surface area contributed by atoms with Crippen LogP contribution in [-0.4, -0.2) is 4.57 Å². The minimum Gasteiger partial charge on any atom is -0.302 e. The Hall–Kier alpha value is -0.170. The smallest absolute Gasteiger partial charge is 0.302 e. The van der Waals surface area contributed by atoms with Crippen LogP contribution in [0.3, 0.4) is 0 Å². The largest absolute Gasteiger partial charge is 0.364 e. The molecule has 0 saturated carbocycles. The molecule has 0 radical (unpaired) electrons. The topological polar surface area (TPSA) is 22.0 Å². The summed E-state index contributed by atoms with van der Waals surface area (Å²) in [7, 11) is 0. The fraction of sp³-hybridized carbons (Fsp3) is 0.545. The van der Waals surface area contributed by atoms with Crippen molar-refractivity contribution in [2.75, 3.05) is 0 Å². The molecule has 96 valence electrons. The number of aromatic nitrogens is 1. The molecule has 1 heterocycles. The van der Waals surface area contributed by atoms with Crippen molar-refractivity contribution < 1.29 is 8.78 Å². The minimum atomic E-state index is -3.53. The Bertz CT molecular complexity index is 452. The summed E-state index contributed by atoms with van der Waals surface area (Å²) in [6.45, 7) is 3.72. The van der Waals surface area contributed by atoms with Gasteiger partial charge in [-0.15, -0.1) is 0 Å². The van der Waals surface area contributed by atoms with E-state index in [4.69, 9.17) is 11.6 Å². The van der Waals surface area contributed by atoms with Crippen molar-refractivity contribution in [1.82, 2.24) is 4.57 Å². The molecule has 0 aliphatic carbocycles. The van der Waals surface area contributed by atoms with Gasteiger partial charge in [0.1, 0.15) is 5.69 Å². The summed E-state index contributed by atoms with van der Waals surface area (Å²) < 4.78 is 28.2. The molecule has 0 atom stereocenters. The molecule has 17 heavy (non-hydrogen) atoms. The fourth-order valence-electron chi connectivity index (χ4n) is 1.82. The van der Waals surface area contributed by atoms with Crippen LogP contribution in [0.1, 0.15) is 38.4 Å². The molecular formula is C11H13ClF2INO. The Balaban J connectivity index is 3.56. The second-order valence-electron chi connectivity index (χ2n) is 3.71. The Morgan fingerprint density at radius 1 is 1.41 bits per heavy atom. The lowest BCUT2D eigenvalue weighted by molar-refractivity contribution is 0.0802. The quantitative estimate of drug-likeness (QED) is 0.574. The third kappa shape index (κ3) is 3.19. The summed E-state index contributed by atoms with van der Waals surface area (Å²) in [5, 5.41) is -3.53. The van der Waals surface area contributed by atoms with Crippen LogP contribution in [0.5, 0.6) is 0 Å². The van der Waals surface area contributed by atoms with E-state index < -0.39 is 16.6 Å². The summed E-state index contributed by atoms with van der Waals surface area (Å²) in [5.41, 5.74) is -0.838. The van der Waals surface area contributed by atoms with Crippen molar-refractivity contribution in [1.29, 1.82) is 0 Å². The van der Waals surface area contributed by atoms with Crippen molar-refractivity contribution in [2.45, 2.75) is 38.1 Å². The molecule has 0 amide bonds. The zero-order valence-corrected chi connectivity index (χ0v) is 12.4. The van der Waals surface area contributed by atoms with E-state index in [9.17, 15) is 13.6 Å². The van der Waals surface area contributed by atoms with Crippen LogP contribution in [0, 0.1) is 3.57 Å². The summed E-state index contributed by atoms with van der Waals surface area (Å²) in [4.78, 5) is 11.8. The third-order valence-electron chi connectivity index (χ3n) is 2.65. The average molecular weight is 376 g/mol. The first-order valence-corrected chi connectivity index (χ1v) is 6.76. The highest BCUT2D eigenvalue weighted by Crippen LogP contribution is 2.36. The van der Waals surface area contributed by atoms with Gasteiger partial charge in [0.15, 0.2) is 0 Å². The predicted octanol–water partition coefficient (Wildman–Crippen LogP) is 4.10. The van der Waals surface area contributed by atoms with E-state index in [1.807, 2.05) is 13.8 Å². The first-order valence-electron chi connectivity index (χ1n) is 5.31. The summed E-state index contributed by atoms with van der Waals surface area (Å²) in [5.74, 6) is 0. The zero-order chi connectivity index (χ0) is 13.2. The SMILES string of the molecule is CCC(CC)n1c(C(F)(F)Cl)c(I)ccc1=O. The van der Waals surface area contributed by atoms with Gasteiger partial charge in [0.05, 0.1) is 0 Å². The lowest BCUT2D eigenvalue weighted by Crippen LogP contribution is -2.31. The maximum Gasteiger partial charge on any atom is 0.364 e. The predicted molar refractivity (Wildman–Crippen MR) is 72.8 cm³/mol. The highest BCUT2D eigenvalue weighted by molar-refractivity contribution is 14.1.